The van der Waals surface area contributed by atoms with Gasteiger partial charge in [0.25, 0.3) is 0 Å². The van der Waals surface area contributed by atoms with E-state index in [1.165, 1.54) is 10.6 Å². The van der Waals surface area contributed by atoms with Crippen LogP contribution in [0.2, 0.25) is 0 Å². The van der Waals surface area contributed by atoms with E-state index < -0.39 is 10.0 Å². The van der Waals surface area contributed by atoms with Gasteiger partial charge < -0.3 is 5.32 Å². The number of pyridine rings is 1. The molecule has 1 heterocycles. The molecule has 122 valence electrons. The molecule has 0 spiro atoms. The van der Waals surface area contributed by atoms with Crippen molar-refractivity contribution in [3.63, 3.8) is 0 Å². The Hall–Kier alpha value is -1.47. The molecule has 0 bridgehead atoms. The van der Waals surface area contributed by atoms with E-state index in [4.69, 9.17) is 0 Å². The first kappa shape index (κ1) is 16.9. The van der Waals surface area contributed by atoms with E-state index in [1.807, 2.05) is 18.2 Å². The minimum Gasteiger partial charge on any atom is -0.350 e. The third kappa shape index (κ3) is 5.06. The second kappa shape index (κ2) is 7.69. The molecule has 0 radical (unpaired) electrons. The van der Waals surface area contributed by atoms with Gasteiger partial charge in [0.1, 0.15) is 0 Å². The predicted molar refractivity (Wildman–Crippen MR) is 84.5 cm³/mol. The number of nitrogens with zero attached hydrogens (tertiary/aromatic N) is 2. The molecule has 7 heteroatoms. The molecule has 1 fully saturated rings. The summed E-state index contributed by atoms with van der Waals surface area (Å²) >= 11 is 0. The Morgan fingerprint density at radius 3 is 2.68 bits per heavy atom. The first-order valence-electron chi connectivity index (χ1n) is 7.60. The lowest BCUT2D eigenvalue weighted by atomic mass is 10.2. The summed E-state index contributed by atoms with van der Waals surface area (Å²) in [6, 6.07) is 5.57. The van der Waals surface area contributed by atoms with Crippen LogP contribution in [0.1, 0.15) is 37.8 Å². The average Bonchev–Trinajstić information content (AvgIpc) is 2.99. The molecule has 1 N–H and O–H groups in total. The Morgan fingerprint density at radius 2 is 2.09 bits per heavy atom. The van der Waals surface area contributed by atoms with Gasteiger partial charge in [-0.3, -0.25) is 9.78 Å². The number of hydrogen-bond acceptors (Lipinski definition) is 4. The molecule has 0 aliphatic heterocycles. The van der Waals surface area contributed by atoms with Crippen molar-refractivity contribution in [2.45, 2.75) is 44.7 Å². The lowest BCUT2D eigenvalue weighted by Crippen LogP contribution is -2.40. The molecule has 1 aliphatic carbocycles. The number of nitrogens with one attached hydrogen (secondary N) is 1. The minimum absolute atomic E-state index is 0.0543. The van der Waals surface area contributed by atoms with Crippen LogP contribution in [0.5, 0.6) is 0 Å². The molecule has 1 aromatic rings. The fraction of sp³-hybridized carbons (Fsp3) is 0.600. The Kier molecular flexibility index (Phi) is 5.90. The fourth-order valence-electron chi connectivity index (χ4n) is 2.80. The molecule has 1 aromatic heterocycles. The van der Waals surface area contributed by atoms with Crippen molar-refractivity contribution in [1.29, 1.82) is 0 Å². The number of sulfonamides is 1. The van der Waals surface area contributed by atoms with Crippen LogP contribution >= 0.6 is 0 Å². The first-order chi connectivity index (χ1) is 10.5. The number of hydrogen-bond donors (Lipinski definition) is 1. The van der Waals surface area contributed by atoms with E-state index >= 15 is 0 Å². The highest BCUT2D eigenvalue weighted by Gasteiger charge is 2.29. The van der Waals surface area contributed by atoms with Crippen LogP contribution in [0.15, 0.2) is 24.4 Å². The standard InChI is InChI=1S/C15H23N3O3S/c1-22(20,21)18(14-7-2-3-8-14)11-9-15(19)17-12-13-6-4-5-10-16-13/h4-6,10,14H,2-3,7-9,11-12H2,1H3,(H,17,19). The summed E-state index contributed by atoms with van der Waals surface area (Å²) < 4.78 is 25.3. The van der Waals surface area contributed by atoms with Gasteiger partial charge in [-0.05, 0) is 25.0 Å². The van der Waals surface area contributed by atoms with Crippen LogP contribution in [0.4, 0.5) is 0 Å². The van der Waals surface area contributed by atoms with Gasteiger partial charge in [0.05, 0.1) is 18.5 Å². The topological polar surface area (TPSA) is 79.4 Å². The second-order valence-electron chi connectivity index (χ2n) is 5.66. The number of amides is 1. The fourth-order valence-corrected chi connectivity index (χ4v) is 3.98. The molecule has 0 atom stereocenters. The van der Waals surface area contributed by atoms with Gasteiger partial charge in [-0.15, -0.1) is 0 Å². The summed E-state index contributed by atoms with van der Waals surface area (Å²) in [6.45, 7) is 0.611. The van der Waals surface area contributed by atoms with Gasteiger partial charge in [-0.2, -0.15) is 4.31 Å². The highest BCUT2D eigenvalue weighted by atomic mass is 32.2. The van der Waals surface area contributed by atoms with Gasteiger partial charge in [-0.1, -0.05) is 18.9 Å². The molecular formula is C15H23N3O3S. The molecule has 0 aromatic carbocycles. The highest BCUT2D eigenvalue weighted by molar-refractivity contribution is 7.88. The van der Waals surface area contributed by atoms with Crippen LogP contribution in [-0.2, 0) is 21.4 Å². The van der Waals surface area contributed by atoms with E-state index in [0.29, 0.717) is 6.54 Å². The SMILES string of the molecule is CS(=O)(=O)N(CCC(=O)NCc1ccccn1)C1CCCC1. The Morgan fingerprint density at radius 1 is 1.36 bits per heavy atom. The maximum Gasteiger partial charge on any atom is 0.221 e. The summed E-state index contributed by atoms with van der Waals surface area (Å²) in [5.74, 6) is -0.155. The summed E-state index contributed by atoms with van der Waals surface area (Å²) in [5.41, 5.74) is 0.784. The molecular weight excluding hydrogens is 302 g/mol. The second-order valence-corrected chi connectivity index (χ2v) is 7.59. The van der Waals surface area contributed by atoms with Crippen LogP contribution in [0.25, 0.3) is 0 Å². The van der Waals surface area contributed by atoms with Crippen molar-refractivity contribution >= 4 is 15.9 Å². The molecule has 2 rings (SSSR count). The van der Waals surface area contributed by atoms with E-state index in [9.17, 15) is 13.2 Å². The third-order valence-corrected chi connectivity index (χ3v) is 5.24. The zero-order chi connectivity index (χ0) is 16.0. The molecule has 6 nitrogen and oxygen atoms in total. The van der Waals surface area contributed by atoms with Crippen molar-refractivity contribution in [2.24, 2.45) is 0 Å². The predicted octanol–water partition coefficient (Wildman–Crippen LogP) is 1.29. The van der Waals surface area contributed by atoms with E-state index in [1.54, 1.807) is 6.20 Å². The zero-order valence-electron chi connectivity index (χ0n) is 12.9. The highest BCUT2D eigenvalue weighted by Crippen LogP contribution is 2.25. The van der Waals surface area contributed by atoms with Gasteiger partial charge in [0.2, 0.25) is 15.9 Å². The lowest BCUT2D eigenvalue weighted by molar-refractivity contribution is -0.121. The lowest BCUT2D eigenvalue weighted by Gasteiger charge is -2.26. The average molecular weight is 325 g/mol. The van der Waals surface area contributed by atoms with Crippen molar-refractivity contribution in [2.75, 3.05) is 12.8 Å². The Balaban J connectivity index is 1.82. The monoisotopic (exact) mass is 325 g/mol. The van der Waals surface area contributed by atoms with Crippen LogP contribution < -0.4 is 5.32 Å². The normalized spacial score (nSPS) is 16.1. The van der Waals surface area contributed by atoms with Crippen molar-refractivity contribution in [3.05, 3.63) is 30.1 Å². The Bertz CT molecular complexity index is 583. The van der Waals surface area contributed by atoms with Crippen molar-refractivity contribution in [3.8, 4) is 0 Å². The molecule has 0 saturated heterocycles. The van der Waals surface area contributed by atoms with Gasteiger partial charge in [0, 0.05) is 25.2 Å². The maximum atomic E-state index is 11.9. The van der Waals surface area contributed by atoms with E-state index in [2.05, 4.69) is 10.3 Å². The number of aromatic nitrogens is 1. The number of rotatable bonds is 7. The summed E-state index contributed by atoms with van der Waals surface area (Å²) in [4.78, 5) is 16.0. The zero-order valence-corrected chi connectivity index (χ0v) is 13.7. The molecule has 1 aliphatic rings. The van der Waals surface area contributed by atoms with Crippen molar-refractivity contribution in [1.82, 2.24) is 14.6 Å². The van der Waals surface area contributed by atoms with Crippen LogP contribution in [0, 0.1) is 0 Å². The maximum absolute atomic E-state index is 11.9. The number of carbonyl (C=O) groups excluding carboxylic acids is 1. The van der Waals surface area contributed by atoms with Crippen LogP contribution in [0.3, 0.4) is 0 Å². The van der Waals surface area contributed by atoms with E-state index in [-0.39, 0.29) is 24.9 Å². The minimum atomic E-state index is -3.27. The largest absolute Gasteiger partial charge is 0.350 e. The smallest absolute Gasteiger partial charge is 0.221 e. The quantitative estimate of drug-likeness (QED) is 0.819. The third-order valence-electron chi connectivity index (χ3n) is 3.91. The summed E-state index contributed by atoms with van der Waals surface area (Å²) in [6.07, 6.45) is 6.97. The molecule has 0 unspecified atom stereocenters. The molecule has 22 heavy (non-hydrogen) atoms. The summed E-state index contributed by atoms with van der Waals surface area (Å²) in [7, 11) is -3.27. The number of carbonyl (C=O) groups is 1. The first-order valence-corrected chi connectivity index (χ1v) is 9.45. The van der Waals surface area contributed by atoms with Gasteiger partial charge in [-0.25, -0.2) is 8.42 Å². The molecule has 1 saturated carbocycles. The van der Waals surface area contributed by atoms with Crippen LogP contribution in [-0.4, -0.2) is 42.5 Å². The van der Waals surface area contributed by atoms with Crippen molar-refractivity contribution < 1.29 is 13.2 Å². The van der Waals surface area contributed by atoms with Gasteiger partial charge >= 0.3 is 0 Å². The van der Waals surface area contributed by atoms with E-state index in [0.717, 1.165) is 31.4 Å². The summed E-state index contributed by atoms with van der Waals surface area (Å²) in [5, 5.41) is 2.77. The van der Waals surface area contributed by atoms with Gasteiger partial charge in [0.15, 0.2) is 0 Å². The Labute approximate surface area is 132 Å². The molecule has 1 amide bonds.